The lowest BCUT2D eigenvalue weighted by atomic mass is 10.0. The van der Waals surface area contributed by atoms with Crippen LogP contribution in [0.2, 0.25) is 0 Å². The Bertz CT molecular complexity index is 519. The highest BCUT2D eigenvalue weighted by molar-refractivity contribution is 5.86. The molecular weight excluding hydrogens is 218 g/mol. The summed E-state index contributed by atoms with van der Waals surface area (Å²) in [6.45, 7) is 4.07. The lowest BCUT2D eigenvalue weighted by molar-refractivity contribution is 0.0692. The van der Waals surface area contributed by atoms with E-state index >= 15 is 0 Å². The summed E-state index contributed by atoms with van der Waals surface area (Å²) in [6, 6.07) is 5.78. The zero-order chi connectivity index (χ0) is 12.5. The predicted molar refractivity (Wildman–Crippen MR) is 67.8 cm³/mol. The summed E-state index contributed by atoms with van der Waals surface area (Å²) in [5.41, 5.74) is 6.88. The molecule has 0 fully saturated rings. The largest absolute Gasteiger partial charge is 0.423 e. The van der Waals surface area contributed by atoms with E-state index in [2.05, 4.69) is 10.3 Å². The normalized spacial score (nSPS) is 14.8. The monoisotopic (exact) mass is 235 g/mol. The van der Waals surface area contributed by atoms with Crippen LogP contribution in [-0.4, -0.2) is 22.2 Å². The Morgan fingerprint density at radius 2 is 2.29 bits per heavy atom. The van der Waals surface area contributed by atoms with Crippen LogP contribution in [-0.2, 0) is 0 Å². The fraction of sp³-hybridized carbons (Fsp3) is 0.417. The Labute approximate surface area is 99.6 Å². The van der Waals surface area contributed by atoms with Crippen molar-refractivity contribution in [1.29, 1.82) is 0 Å². The Kier molecular flexibility index (Phi) is 2.93. The second-order valence-corrected chi connectivity index (χ2v) is 4.42. The smallest absolute Gasteiger partial charge is 0.295 e. The van der Waals surface area contributed by atoms with Crippen LogP contribution < -0.4 is 11.1 Å². The molecule has 0 saturated heterocycles. The molecular formula is C12H17N3O2. The van der Waals surface area contributed by atoms with Crippen molar-refractivity contribution in [1.82, 2.24) is 4.98 Å². The van der Waals surface area contributed by atoms with Crippen molar-refractivity contribution in [2.45, 2.75) is 25.9 Å². The highest BCUT2D eigenvalue weighted by atomic mass is 16.4. The second-order valence-electron chi connectivity index (χ2n) is 4.42. The minimum atomic E-state index is -0.772. The van der Waals surface area contributed by atoms with E-state index in [-0.39, 0.29) is 0 Å². The van der Waals surface area contributed by atoms with Gasteiger partial charge in [0.1, 0.15) is 5.52 Å². The molecule has 0 radical (unpaired) electrons. The van der Waals surface area contributed by atoms with Crippen LogP contribution in [0.25, 0.3) is 11.1 Å². The van der Waals surface area contributed by atoms with Gasteiger partial charge in [0.05, 0.1) is 11.3 Å². The first-order valence-electron chi connectivity index (χ1n) is 5.63. The molecule has 1 atom stereocenters. The van der Waals surface area contributed by atoms with Gasteiger partial charge in [-0.15, -0.1) is 0 Å². The Balaban J connectivity index is 2.18. The molecule has 0 bridgehead atoms. The summed E-state index contributed by atoms with van der Waals surface area (Å²) in [5, 5.41) is 12.8. The molecule has 5 nitrogen and oxygen atoms in total. The van der Waals surface area contributed by atoms with Gasteiger partial charge >= 0.3 is 0 Å². The summed E-state index contributed by atoms with van der Waals surface area (Å²) < 4.78 is 5.48. The maximum absolute atomic E-state index is 9.86. The van der Waals surface area contributed by atoms with Gasteiger partial charge in [0.15, 0.2) is 5.58 Å². The molecule has 0 saturated carbocycles. The summed E-state index contributed by atoms with van der Waals surface area (Å²) in [4.78, 5) is 4.24. The summed E-state index contributed by atoms with van der Waals surface area (Å²) in [7, 11) is 0. The topological polar surface area (TPSA) is 84.3 Å². The second kappa shape index (κ2) is 4.25. The SMILES string of the molecule is CCC(C)(O)CNc1nc2c(N)cccc2o1. The molecule has 92 valence electrons. The number of para-hydroxylation sites is 1. The summed E-state index contributed by atoms with van der Waals surface area (Å²) in [6.07, 6.45) is 0.655. The summed E-state index contributed by atoms with van der Waals surface area (Å²) in [5.74, 6) is 0. The molecule has 17 heavy (non-hydrogen) atoms. The van der Waals surface area contributed by atoms with E-state index in [9.17, 15) is 5.11 Å². The number of hydrogen-bond acceptors (Lipinski definition) is 5. The van der Waals surface area contributed by atoms with E-state index in [1.807, 2.05) is 19.1 Å². The van der Waals surface area contributed by atoms with Crippen LogP contribution in [0.15, 0.2) is 22.6 Å². The fourth-order valence-electron chi connectivity index (χ4n) is 1.44. The van der Waals surface area contributed by atoms with Crippen LogP contribution in [0.1, 0.15) is 20.3 Å². The third kappa shape index (κ3) is 2.50. The van der Waals surface area contributed by atoms with Crippen molar-refractivity contribution >= 4 is 22.8 Å². The van der Waals surface area contributed by atoms with Crippen molar-refractivity contribution in [3.05, 3.63) is 18.2 Å². The molecule has 2 aromatic rings. The highest BCUT2D eigenvalue weighted by Crippen LogP contribution is 2.24. The molecule has 0 aliphatic rings. The maximum Gasteiger partial charge on any atom is 0.295 e. The van der Waals surface area contributed by atoms with Crippen LogP contribution in [0, 0.1) is 0 Å². The fourth-order valence-corrected chi connectivity index (χ4v) is 1.44. The number of rotatable bonds is 4. The van der Waals surface area contributed by atoms with E-state index in [0.717, 1.165) is 0 Å². The van der Waals surface area contributed by atoms with Gasteiger partial charge < -0.3 is 20.6 Å². The molecule has 1 aromatic heterocycles. The molecule has 1 aromatic carbocycles. The number of nitrogens with two attached hydrogens (primary N) is 1. The van der Waals surface area contributed by atoms with E-state index < -0.39 is 5.60 Å². The van der Waals surface area contributed by atoms with E-state index in [0.29, 0.717) is 35.8 Å². The lowest BCUT2D eigenvalue weighted by Crippen LogP contribution is -2.32. The van der Waals surface area contributed by atoms with Gasteiger partial charge in [-0.3, -0.25) is 0 Å². The number of hydrogen-bond donors (Lipinski definition) is 3. The first-order valence-corrected chi connectivity index (χ1v) is 5.63. The number of oxazole rings is 1. The number of anilines is 2. The first kappa shape index (κ1) is 11.7. The number of aromatic nitrogens is 1. The van der Waals surface area contributed by atoms with Gasteiger partial charge in [-0.2, -0.15) is 4.98 Å². The third-order valence-corrected chi connectivity index (χ3v) is 2.83. The molecule has 0 amide bonds. The Hall–Kier alpha value is -1.75. The number of nitrogens with one attached hydrogen (secondary N) is 1. The van der Waals surface area contributed by atoms with Crippen LogP contribution in [0.4, 0.5) is 11.7 Å². The minimum Gasteiger partial charge on any atom is -0.423 e. The minimum absolute atomic E-state index is 0.381. The molecule has 0 spiro atoms. The van der Waals surface area contributed by atoms with Crippen molar-refractivity contribution in [2.24, 2.45) is 0 Å². The Morgan fingerprint density at radius 1 is 1.53 bits per heavy atom. The average molecular weight is 235 g/mol. The predicted octanol–water partition coefficient (Wildman–Crippen LogP) is 1.98. The molecule has 0 aliphatic heterocycles. The van der Waals surface area contributed by atoms with Crippen molar-refractivity contribution in [3.63, 3.8) is 0 Å². The molecule has 4 N–H and O–H groups in total. The molecule has 2 rings (SSSR count). The molecule has 0 aliphatic carbocycles. The zero-order valence-corrected chi connectivity index (χ0v) is 10.0. The Morgan fingerprint density at radius 3 is 2.94 bits per heavy atom. The molecule has 1 unspecified atom stereocenters. The molecule has 1 heterocycles. The highest BCUT2D eigenvalue weighted by Gasteiger charge is 2.18. The van der Waals surface area contributed by atoms with E-state index in [1.54, 1.807) is 13.0 Å². The van der Waals surface area contributed by atoms with Gasteiger partial charge in [-0.25, -0.2) is 0 Å². The maximum atomic E-state index is 9.86. The number of aliphatic hydroxyl groups is 1. The summed E-state index contributed by atoms with van der Waals surface area (Å²) >= 11 is 0. The van der Waals surface area contributed by atoms with Gasteiger partial charge in [0, 0.05) is 6.54 Å². The quantitative estimate of drug-likeness (QED) is 0.706. The van der Waals surface area contributed by atoms with Gasteiger partial charge in [0.25, 0.3) is 6.01 Å². The zero-order valence-electron chi connectivity index (χ0n) is 10.0. The van der Waals surface area contributed by atoms with Gasteiger partial charge in [-0.05, 0) is 25.5 Å². The number of nitrogens with zero attached hydrogens (tertiary/aromatic N) is 1. The van der Waals surface area contributed by atoms with Crippen molar-refractivity contribution in [3.8, 4) is 0 Å². The van der Waals surface area contributed by atoms with Crippen LogP contribution in [0.5, 0.6) is 0 Å². The standard InChI is InChI=1S/C12H17N3O2/c1-3-12(2,16)7-14-11-15-10-8(13)5-4-6-9(10)17-11/h4-6,16H,3,7,13H2,1-2H3,(H,14,15). The van der Waals surface area contributed by atoms with Crippen LogP contribution in [0.3, 0.4) is 0 Å². The van der Waals surface area contributed by atoms with E-state index in [1.165, 1.54) is 0 Å². The average Bonchev–Trinajstić information content (AvgIpc) is 2.71. The third-order valence-electron chi connectivity index (χ3n) is 2.83. The molecule has 5 heteroatoms. The van der Waals surface area contributed by atoms with E-state index in [4.69, 9.17) is 10.2 Å². The van der Waals surface area contributed by atoms with Gasteiger partial charge in [0.2, 0.25) is 0 Å². The first-order chi connectivity index (χ1) is 8.02. The van der Waals surface area contributed by atoms with Crippen molar-refractivity contribution in [2.75, 3.05) is 17.6 Å². The number of benzene rings is 1. The van der Waals surface area contributed by atoms with Gasteiger partial charge in [-0.1, -0.05) is 13.0 Å². The number of fused-ring (bicyclic) bond motifs is 1. The van der Waals surface area contributed by atoms with Crippen LogP contribution >= 0.6 is 0 Å². The lowest BCUT2D eigenvalue weighted by Gasteiger charge is -2.20. The van der Waals surface area contributed by atoms with Crippen molar-refractivity contribution < 1.29 is 9.52 Å². The number of nitrogen functional groups attached to an aromatic ring is 1.